The van der Waals surface area contributed by atoms with E-state index >= 15 is 0 Å². The molecule has 0 amide bonds. The maximum absolute atomic E-state index is 4.74. The summed E-state index contributed by atoms with van der Waals surface area (Å²) in [7, 11) is 2.10. The summed E-state index contributed by atoms with van der Waals surface area (Å²) in [6.45, 7) is 9.19. The van der Waals surface area contributed by atoms with E-state index in [4.69, 9.17) is 4.99 Å². The molecule has 0 aliphatic carbocycles. The molecule has 136 valence electrons. The van der Waals surface area contributed by atoms with Crippen LogP contribution in [-0.2, 0) is 6.54 Å². The van der Waals surface area contributed by atoms with Crippen molar-refractivity contribution in [1.82, 2.24) is 15.2 Å². The van der Waals surface area contributed by atoms with Crippen LogP contribution in [0.4, 0.5) is 5.82 Å². The number of pyridine rings is 1. The van der Waals surface area contributed by atoms with Crippen LogP contribution in [0.25, 0.3) is 0 Å². The lowest BCUT2D eigenvalue weighted by atomic mass is 10.3. The van der Waals surface area contributed by atoms with E-state index in [0.717, 1.165) is 43.5 Å². The summed E-state index contributed by atoms with van der Waals surface area (Å²) >= 11 is 0. The Balaban J connectivity index is 0.00000288. The van der Waals surface area contributed by atoms with Gasteiger partial charge in [-0.15, -0.1) is 24.0 Å². The Morgan fingerprint density at radius 2 is 2.04 bits per heavy atom. The number of rotatable bonds is 7. The van der Waals surface area contributed by atoms with E-state index in [1.807, 2.05) is 6.20 Å². The topological polar surface area (TPSA) is 43.8 Å². The highest BCUT2D eigenvalue weighted by molar-refractivity contribution is 14.0. The monoisotopic (exact) mass is 445 g/mol. The van der Waals surface area contributed by atoms with Crippen molar-refractivity contribution < 1.29 is 0 Å². The van der Waals surface area contributed by atoms with E-state index in [9.17, 15) is 0 Å². The Morgan fingerprint density at radius 1 is 1.29 bits per heavy atom. The summed E-state index contributed by atoms with van der Waals surface area (Å²) < 4.78 is 0. The number of aromatic nitrogens is 1. The van der Waals surface area contributed by atoms with E-state index in [2.05, 4.69) is 53.1 Å². The molecule has 5 nitrogen and oxygen atoms in total. The second-order valence-corrected chi connectivity index (χ2v) is 6.16. The van der Waals surface area contributed by atoms with Crippen molar-refractivity contribution in [1.29, 1.82) is 0 Å². The zero-order valence-corrected chi connectivity index (χ0v) is 17.6. The molecular formula is C18H32IN5. The standard InChI is InChI=1S/C18H31N5.HI/c1-4-6-11-22(3)18(19-5-2)21-15-16-9-10-17(20-14-16)23-12-7-8-13-23;/h9-10,14H,4-8,11-13,15H2,1-3H3,(H,19,21);1H. The third-order valence-electron chi connectivity index (χ3n) is 4.19. The Labute approximate surface area is 163 Å². The van der Waals surface area contributed by atoms with Gasteiger partial charge in [-0.1, -0.05) is 19.4 Å². The van der Waals surface area contributed by atoms with Gasteiger partial charge in [-0.2, -0.15) is 0 Å². The van der Waals surface area contributed by atoms with Crippen molar-refractivity contribution in [3.05, 3.63) is 23.9 Å². The van der Waals surface area contributed by atoms with Gasteiger partial charge in [-0.05, 0) is 37.8 Å². The third kappa shape index (κ3) is 6.45. The Bertz CT molecular complexity index is 483. The fraction of sp³-hybridized carbons (Fsp3) is 0.667. The van der Waals surface area contributed by atoms with Crippen molar-refractivity contribution in [3.63, 3.8) is 0 Å². The molecule has 1 N–H and O–H groups in total. The molecule has 1 aliphatic rings. The first-order chi connectivity index (χ1) is 11.2. The molecule has 0 atom stereocenters. The molecule has 6 heteroatoms. The minimum absolute atomic E-state index is 0. The van der Waals surface area contributed by atoms with Gasteiger partial charge in [0.2, 0.25) is 0 Å². The van der Waals surface area contributed by atoms with Gasteiger partial charge in [0.25, 0.3) is 0 Å². The molecule has 1 aromatic heterocycles. The molecule has 1 fully saturated rings. The highest BCUT2D eigenvalue weighted by atomic mass is 127. The van der Waals surface area contributed by atoms with Crippen LogP contribution in [0, 0.1) is 0 Å². The number of hydrogen-bond donors (Lipinski definition) is 1. The van der Waals surface area contributed by atoms with Crippen LogP contribution in [-0.4, -0.2) is 49.1 Å². The van der Waals surface area contributed by atoms with Gasteiger partial charge in [-0.3, -0.25) is 0 Å². The molecule has 2 heterocycles. The second kappa shape index (κ2) is 11.5. The number of halogens is 1. The van der Waals surface area contributed by atoms with Crippen LogP contribution in [0.15, 0.2) is 23.3 Å². The van der Waals surface area contributed by atoms with Gasteiger partial charge in [0.1, 0.15) is 5.82 Å². The average molecular weight is 445 g/mol. The molecule has 1 saturated heterocycles. The van der Waals surface area contributed by atoms with Crippen molar-refractivity contribution in [2.45, 2.75) is 46.1 Å². The van der Waals surface area contributed by atoms with Crippen LogP contribution in [0.2, 0.25) is 0 Å². The van der Waals surface area contributed by atoms with E-state index in [-0.39, 0.29) is 24.0 Å². The molecule has 24 heavy (non-hydrogen) atoms. The average Bonchev–Trinajstić information content (AvgIpc) is 3.11. The highest BCUT2D eigenvalue weighted by Gasteiger charge is 2.13. The molecule has 2 rings (SSSR count). The molecule has 0 radical (unpaired) electrons. The largest absolute Gasteiger partial charge is 0.357 e. The number of nitrogens with zero attached hydrogens (tertiary/aromatic N) is 4. The minimum atomic E-state index is 0. The van der Waals surface area contributed by atoms with Crippen LogP contribution in [0.5, 0.6) is 0 Å². The fourth-order valence-electron chi connectivity index (χ4n) is 2.78. The van der Waals surface area contributed by atoms with Crippen molar-refractivity contribution in [2.75, 3.05) is 38.1 Å². The SMILES string of the molecule is CCCCN(C)C(=NCc1ccc(N2CCCC2)nc1)NCC.I. The number of guanidine groups is 1. The molecule has 0 spiro atoms. The van der Waals surface area contributed by atoms with Gasteiger partial charge in [0.15, 0.2) is 5.96 Å². The molecule has 0 unspecified atom stereocenters. The summed E-state index contributed by atoms with van der Waals surface area (Å²) in [5.74, 6) is 2.08. The number of anilines is 1. The zero-order chi connectivity index (χ0) is 16.5. The first-order valence-corrected chi connectivity index (χ1v) is 8.94. The Kier molecular flexibility index (Phi) is 10.1. The maximum atomic E-state index is 4.74. The van der Waals surface area contributed by atoms with Gasteiger partial charge in [-0.25, -0.2) is 9.98 Å². The predicted molar refractivity (Wildman–Crippen MR) is 113 cm³/mol. The van der Waals surface area contributed by atoms with Crippen molar-refractivity contribution >= 4 is 35.8 Å². The Hall–Kier alpha value is -1.05. The number of nitrogens with one attached hydrogen (secondary N) is 1. The first-order valence-electron chi connectivity index (χ1n) is 8.94. The predicted octanol–water partition coefficient (Wildman–Crippen LogP) is 3.50. The molecular weight excluding hydrogens is 413 g/mol. The molecule has 0 bridgehead atoms. The number of unbranched alkanes of at least 4 members (excludes halogenated alkanes) is 1. The quantitative estimate of drug-likeness (QED) is 0.397. The molecule has 1 aromatic rings. The van der Waals surface area contributed by atoms with Gasteiger partial charge in [0.05, 0.1) is 6.54 Å². The molecule has 0 aromatic carbocycles. The minimum Gasteiger partial charge on any atom is -0.357 e. The second-order valence-electron chi connectivity index (χ2n) is 6.16. The van der Waals surface area contributed by atoms with Gasteiger partial charge in [0, 0.05) is 39.4 Å². The Morgan fingerprint density at radius 3 is 2.62 bits per heavy atom. The summed E-state index contributed by atoms with van der Waals surface area (Å²) in [4.78, 5) is 13.9. The van der Waals surface area contributed by atoms with Gasteiger partial charge < -0.3 is 15.1 Å². The zero-order valence-electron chi connectivity index (χ0n) is 15.3. The smallest absolute Gasteiger partial charge is 0.193 e. The molecule has 1 aliphatic heterocycles. The highest BCUT2D eigenvalue weighted by Crippen LogP contribution is 2.17. The van der Waals surface area contributed by atoms with E-state index in [0.29, 0.717) is 6.54 Å². The van der Waals surface area contributed by atoms with Crippen LogP contribution in [0.3, 0.4) is 0 Å². The van der Waals surface area contributed by atoms with Crippen LogP contribution >= 0.6 is 24.0 Å². The number of hydrogen-bond acceptors (Lipinski definition) is 3. The van der Waals surface area contributed by atoms with Gasteiger partial charge >= 0.3 is 0 Å². The van der Waals surface area contributed by atoms with Crippen molar-refractivity contribution in [3.8, 4) is 0 Å². The summed E-state index contributed by atoms with van der Waals surface area (Å²) in [6.07, 6.45) is 6.92. The maximum Gasteiger partial charge on any atom is 0.193 e. The molecule has 0 saturated carbocycles. The lowest BCUT2D eigenvalue weighted by Gasteiger charge is -2.21. The third-order valence-corrected chi connectivity index (χ3v) is 4.19. The van der Waals surface area contributed by atoms with E-state index in [1.165, 1.54) is 25.7 Å². The number of aliphatic imine (C=N–C) groups is 1. The van der Waals surface area contributed by atoms with Crippen LogP contribution in [0.1, 0.15) is 45.1 Å². The van der Waals surface area contributed by atoms with E-state index in [1.54, 1.807) is 0 Å². The summed E-state index contributed by atoms with van der Waals surface area (Å²) in [6, 6.07) is 4.28. The van der Waals surface area contributed by atoms with E-state index < -0.39 is 0 Å². The van der Waals surface area contributed by atoms with Crippen molar-refractivity contribution in [2.24, 2.45) is 4.99 Å². The summed E-state index contributed by atoms with van der Waals surface area (Å²) in [5.41, 5.74) is 1.16. The first kappa shape index (κ1) is 21.0. The summed E-state index contributed by atoms with van der Waals surface area (Å²) in [5, 5.41) is 3.36. The fourth-order valence-corrected chi connectivity index (χ4v) is 2.78. The lowest BCUT2D eigenvalue weighted by molar-refractivity contribution is 0.465. The lowest BCUT2D eigenvalue weighted by Crippen LogP contribution is -2.39. The van der Waals surface area contributed by atoms with Crippen LogP contribution < -0.4 is 10.2 Å². The normalized spacial score (nSPS) is 14.5.